The van der Waals surface area contributed by atoms with Gasteiger partial charge in [0.15, 0.2) is 0 Å². The van der Waals surface area contributed by atoms with Gasteiger partial charge in [-0.25, -0.2) is 0 Å². The summed E-state index contributed by atoms with van der Waals surface area (Å²) < 4.78 is 0. The predicted octanol–water partition coefficient (Wildman–Crippen LogP) is 3.27. The fourth-order valence-electron chi connectivity index (χ4n) is 1.51. The molecule has 2 nitrogen and oxygen atoms in total. The highest BCUT2D eigenvalue weighted by Gasteiger charge is 2.15. The van der Waals surface area contributed by atoms with E-state index in [-0.39, 0.29) is 5.78 Å². The first kappa shape index (κ1) is 10.8. The third-order valence-electron chi connectivity index (χ3n) is 2.36. The normalized spacial score (nSPS) is 10.1. The molecule has 2 aromatic rings. The average Bonchev–Trinajstić information content (AvgIpc) is 2.29. The number of pyridine rings is 1. The zero-order valence-electron chi connectivity index (χ0n) is 8.77. The van der Waals surface area contributed by atoms with E-state index in [0.29, 0.717) is 16.3 Å². The number of halogens is 1. The van der Waals surface area contributed by atoms with Crippen LogP contribution in [-0.2, 0) is 0 Å². The van der Waals surface area contributed by atoms with Crippen LogP contribution in [0.25, 0.3) is 0 Å². The van der Waals surface area contributed by atoms with Crippen LogP contribution in [0.5, 0.6) is 0 Å². The number of aryl methyl sites for hydroxylation is 1. The Bertz CT molecular complexity index is 489. The summed E-state index contributed by atoms with van der Waals surface area (Å²) in [5.41, 5.74) is 1.87. The van der Waals surface area contributed by atoms with Crippen molar-refractivity contribution < 1.29 is 4.79 Å². The van der Waals surface area contributed by atoms with Crippen LogP contribution in [0.1, 0.15) is 21.6 Å². The van der Waals surface area contributed by atoms with E-state index in [2.05, 4.69) is 4.98 Å². The van der Waals surface area contributed by atoms with Crippen LogP contribution in [0, 0.1) is 6.92 Å². The van der Waals surface area contributed by atoms with Gasteiger partial charge in [0.05, 0.1) is 5.02 Å². The molecule has 3 heteroatoms. The number of aromatic nitrogens is 1. The van der Waals surface area contributed by atoms with Crippen molar-refractivity contribution in [2.24, 2.45) is 0 Å². The summed E-state index contributed by atoms with van der Waals surface area (Å²) in [6.07, 6.45) is 1.57. The van der Waals surface area contributed by atoms with Gasteiger partial charge < -0.3 is 0 Å². The Morgan fingerprint density at radius 1 is 1.19 bits per heavy atom. The minimum absolute atomic E-state index is 0.135. The van der Waals surface area contributed by atoms with Crippen LogP contribution in [-0.4, -0.2) is 10.8 Å². The van der Waals surface area contributed by atoms with Gasteiger partial charge >= 0.3 is 0 Å². The summed E-state index contributed by atoms with van der Waals surface area (Å²) in [5.74, 6) is -0.135. The highest BCUT2D eigenvalue weighted by Crippen LogP contribution is 2.18. The van der Waals surface area contributed by atoms with Crippen molar-refractivity contribution in [1.29, 1.82) is 0 Å². The van der Waals surface area contributed by atoms with Crippen LogP contribution >= 0.6 is 11.6 Å². The SMILES string of the molecule is Cc1ccccc1C(=O)c1ncccc1Cl. The Labute approximate surface area is 98.9 Å². The fourth-order valence-corrected chi connectivity index (χ4v) is 1.72. The van der Waals surface area contributed by atoms with Gasteiger partial charge in [0.25, 0.3) is 0 Å². The molecule has 0 spiro atoms. The Morgan fingerprint density at radius 3 is 2.62 bits per heavy atom. The number of hydrogen-bond acceptors (Lipinski definition) is 2. The third-order valence-corrected chi connectivity index (χ3v) is 2.67. The van der Waals surface area contributed by atoms with Crippen LogP contribution < -0.4 is 0 Å². The number of carbonyl (C=O) groups is 1. The molecule has 0 bridgehead atoms. The molecule has 0 aliphatic rings. The second-order valence-electron chi connectivity index (χ2n) is 3.48. The maximum absolute atomic E-state index is 12.1. The summed E-state index contributed by atoms with van der Waals surface area (Å²) in [6, 6.07) is 10.8. The molecule has 0 aliphatic heterocycles. The molecule has 0 aliphatic carbocycles. The maximum Gasteiger partial charge on any atom is 0.213 e. The Hall–Kier alpha value is -1.67. The van der Waals surface area contributed by atoms with Crippen molar-refractivity contribution in [2.75, 3.05) is 0 Å². The zero-order valence-corrected chi connectivity index (χ0v) is 9.53. The second kappa shape index (κ2) is 4.45. The number of benzene rings is 1. The van der Waals surface area contributed by atoms with Gasteiger partial charge in [0, 0.05) is 11.8 Å². The predicted molar refractivity (Wildman–Crippen MR) is 63.9 cm³/mol. The number of ketones is 1. The van der Waals surface area contributed by atoms with Crippen LogP contribution in [0.4, 0.5) is 0 Å². The summed E-state index contributed by atoms with van der Waals surface area (Å²) in [7, 11) is 0. The van der Waals surface area contributed by atoms with Crippen molar-refractivity contribution in [3.05, 3.63) is 64.4 Å². The molecule has 80 valence electrons. The maximum atomic E-state index is 12.1. The van der Waals surface area contributed by atoms with E-state index in [1.165, 1.54) is 0 Å². The van der Waals surface area contributed by atoms with Gasteiger partial charge in [-0.3, -0.25) is 9.78 Å². The van der Waals surface area contributed by atoms with Gasteiger partial charge in [0.2, 0.25) is 5.78 Å². The van der Waals surface area contributed by atoms with E-state index in [4.69, 9.17) is 11.6 Å². The molecular formula is C13H10ClNO. The highest BCUT2D eigenvalue weighted by molar-refractivity contribution is 6.34. The number of rotatable bonds is 2. The van der Waals surface area contributed by atoms with Crippen molar-refractivity contribution in [2.45, 2.75) is 6.92 Å². The Balaban J connectivity index is 2.48. The number of hydrogen-bond donors (Lipinski definition) is 0. The quantitative estimate of drug-likeness (QED) is 0.743. The van der Waals surface area contributed by atoms with Gasteiger partial charge in [-0.15, -0.1) is 0 Å². The van der Waals surface area contributed by atoms with E-state index in [1.54, 1.807) is 24.4 Å². The second-order valence-corrected chi connectivity index (χ2v) is 3.89. The Morgan fingerprint density at radius 2 is 1.94 bits per heavy atom. The first-order valence-corrected chi connectivity index (χ1v) is 5.29. The summed E-state index contributed by atoms with van der Waals surface area (Å²) in [5, 5.41) is 0.385. The van der Waals surface area contributed by atoms with Crippen molar-refractivity contribution in [3.8, 4) is 0 Å². The minimum atomic E-state index is -0.135. The average molecular weight is 232 g/mol. The van der Waals surface area contributed by atoms with Gasteiger partial charge in [-0.05, 0) is 24.6 Å². The molecule has 0 saturated heterocycles. The molecule has 2 rings (SSSR count). The van der Waals surface area contributed by atoms with E-state index in [1.807, 2.05) is 25.1 Å². The molecule has 0 saturated carbocycles. The Kier molecular flexibility index (Phi) is 3.02. The lowest BCUT2D eigenvalue weighted by atomic mass is 10.0. The molecule has 0 amide bonds. The van der Waals surface area contributed by atoms with Gasteiger partial charge in [-0.2, -0.15) is 0 Å². The van der Waals surface area contributed by atoms with Gasteiger partial charge in [-0.1, -0.05) is 35.9 Å². The van der Waals surface area contributed by atoms with Gasteiger partial charge in [0.1, 0.15) is 5.69 Å². The molecular weight excluding hydrogens is 222 g/mol. The van der Waals surface area contributed by atoms with E-state index in [9.17, 15) is 4.79 Å². The molecule has 1 aromatic carbocycles. The van der Waals surface area contributed by atoms with E-state index < -0.39 is 0 Å². The van der Waals surface area contributed by atoms with Crippen LogP contribution in [0.3, 0.4) is 0 Å². The van der Waals surface area contributed by atoms with Crippen molar-refractivity contribution >= 4 is 17.4 Å². The van der Waals surface area contributed by atoms with Crippen molar-refractivity contribution in [3.63, 3.8) is 0 Å². The minimum Gasteiger partial charge on any atom is -0.287 e. The topological polar surface area (TPSA) is 30.0 Å². The summed E-state index contributed by atoms with van der Waals surface area (Å²) in [4.78, 5) is 16.2. The largest absolute Gasteiger partial charge is 0.287 e. The lowest BCUT2D eigenvalue weighted by molar-refractivity contribution is 0.103. The van der Waals surface area contributed by atoms with E-state index >= 15 is 0 Å². The lowest BCUT2D eigenvalue weighted by Crippen LogP contribution is -2.06. The zero-order chi connectivity index (χ0) is 11.5. The highest BCUT2D eigenvalue weighted by atomic mass is 35.5. The fraction of sp³-hybridized carbons (Fsp3) is 0.0769. The lowest BCUT2D eigenvalue weighted by Gasteiger charge is -2.04. The molecule has 0 unspecified atom stereocenters. The summed E-state index contributed by atoms with van der Waals surface area (Å²) >= 11 is 5.94. The van der Waals surface area contributed by atoms with Crippen LogP contribution in [0.2, 0.25) is 5.02 Å². The molecule has 1 heterocycles. The van der Waals surface area contributed by atoms with Crippen LogP contribution in [0.15, 0.2) is 42.6 Å². The molecule has 0 fully saturated rings. The molecule has 0 atom stereocenters. The molecule has 0 N–H and O–H groups in total. The molecule has 16 heavy (non-hydrogen) atoms. The smallest absolute Gasteiger partial charge is 0.213 e. The first-order chi connectivity index (χ1) is 7.70. The molecule has 1 aromatic heterocycles. The van der Waals surface area contributed by atoms with E-state index in [0.717, 1.165) is 5.56 Å². The monoisotopic (exact) mass is 231 g/mol. The standard InChI is InChI=1S/C13H10ClNO/c1-9-5-2-3-6-10(9)13(16)12-11(14)7-4-8-15-12/h2-8H,1H3. The first-order valence-electron chi connectivity index (χ1n) is 4.91. The third kappa shape index (κ3) is 1.97. The number of nitrogens with zero attached hydrogens (tertiary/aromatic N) is 1. The number of carbonyl (C=O) groups excluding carboxylic acids is 1. The van der Waals surface area contributed by atoms with Crippen molar-refractivity contribution in [1.82, 2.24) is 4.98 Å². The summed E-state index contributed by atoms with van der Waals surface area (Å²) in [6.45, 7) is 1.89. The molecule has 0 radical (unpaired) electrons.